The molecule has 1 unspecified atom stereocenters. The van der Waals surface area contributed by atoms with Crippen LogP contribution in [0.15, 0.2) is 24.3 Å². The maximum absolute atomic E-state index is 12.9. The molecule has 1 aromatic rings. The van der Waals surface area contributed by atoms with Crippen molar-refractivity contribution in [2.45, 2.75) is 70.2 Å². The summed E-state index contributed by atoms with van der Waals surface area (Å²) in [6, 6.07) is 6.22. The fourth-order valence-corrected chi connectivity index (χ4v) is 3.98. The molecule has 154 valence electrons. The predicted octanol–water partition coefficient (Wildman–Crippen LogP) is 3.78. The Kier molecular flexibility index (Phi) is 6.88. The lowest BCUT2D eigenvalue weighted by atomic mass is 9.98. The van der Waals surface area contributed by atoms with E-state index in [1.54, 1.807) is 12.1 Å². The molecule has 0 saturated carbocycles. The summed E-state index contributed by atoms with van der Waals surface area (Å²) in [7, 11) is 0. The summed E-state index contributed by atoms with van der Waals surface area (Å²) in [5.74, 6) is -2.57. The van der Waals surface area contributed by atoms with Gasteiger partial charge in [0.2, 0.25) is 0 Å². The average Bonchev–Trinajstić information content (AvgIpc) is 2.97. The molecule has 2 fully saturated rings. The van der Waals surface area contributed by atoms with Gasteiger partial charge in [-0.05, 0) is 56.4 Å². The van der Waals surface area contributed by atoms with Gasteiger partial charge in [-0.2, -0.15) is 0 Å². The summed E-state index contributed by atoms with van der Waals surface area (Å²) in [5.41, 5.74) is 0. The second-order valence-electron chi connectivity index (χ2n) is 7.36. The number of nitrogens with zero attached hydrogens (tertiary/aromatic N) is 1. The van der Waals surface area contributed by atoms with Crippen LogP contribution in [0.2, 0.25) is 0 Å². The highest BCUT2D eigenvalue weighted by molar-refractivity contribution is 6.31. The highest BCUT2D eigenvalue weighted by Gasteiger charge is 2.55. The van der Waals surface area contributed by atoms with E-state index in [9.17, 15) is 14.0 Å². The first-order valence-corrected chi connectivity index (χ1v) is 10.2. The topological polar surface area (TPSA) is 65.1 Å². The van der Waals surface area contributed by atoms with Crippen molar-refractivity contribution >= 4 is 11.9 Å². The maximum atomic E-state index is 12.9. The van der Waals surface area contributed by atoms with Crippen LogP contribution in [-0.4, -0.2) is 41.9 Å². The number of rotatable bonds is 9. The van der Waals surface area contributed by atoms with Gasteiger partial charge in [0.25, 0.3) is 0 Å². The Labute approximate surface area is 164 Å². The molecule has 1 aromatic carbocycles. The van der Waals surface area contributed by atoms with Crippen molar-refractivity contribution in [3.05, 3.63) is 30.1 Å². The monoisotopic (exact) mass is 393 g/mol. The number of carbonyl (C=O) groups is 2. The first-order chi connectivity index (χ1) is 13.5. The lowest BCUT2D eigenvalue weighted by Gasteiger charge is -2.44. The Bertz CT molecular complexity index is 662. The van der Waals surface area contributed by atoms with Crippen molar-refractivity contribution in [3.63, 3.8) is 0 Å². The average molecular weight is 393 g/mol. The molecule has 3 rings (SSSR count). The van der Waals surface area contributed by atoms with Crippen LogP contribution in [0.1, 0.15) is 58.3 Å². The minimum atomic E-state index is -1.20. The van der Waals surface area contributed by atoms with Crippen molar-refractivity contribution in [3.8, 4) is 5.75 Å². The zero-order chi connectivity index (χ0) is 20.0. The lowest BCUT2D eigenvalue weighted by molar-refractivity contribution is -0.274. The van der Waals surface area contributed by atoms with E-state index in [-0.39, 0.29) is 11.9 Å². The second-order valence-corrected chi connectivity index (χ2v) is 7.36. The minimum Gasteiger partial charge on any atom is -0.494 e. The molecule has 2 heterocycles. The summed E-state index contributed by atoms with van der Waals surface area (Å²) in [6.07, 6.45) is 7.13. The SMILES string of the molecule is CCC(CCCCCOc1ccc(F)cc1)N1CCCCC12OC(=O)C(=O)O2. The van der Waals surface area contributed by atoms with E-state index in [0.29, 0.717) is 18.8 Å². The number of hydrogen-bond acceptors (Lipinski definition) is 6. The van der Waals surface area contributed by atoms with Crippen LogP contribution in [0.4, 0.5) is 4.39 Å². The minimum absolute atomic E-state index is 0.192. The Hall–Kier alpha value is -2.15. The number of ether oxygens (including phenoxy) is 3. The van der Waals surface area contributed by atoms with E-state index < -0.39 is 17.8 Å². The Morgan fingerprint density at radius 1 is 1.11 bits per heavy atom. The summed E-state index contributed by atoms with van der Waals surface area (Å²) in [4.78, 5) is 25.3. The first-order valence-electron chi connectivity index (χ1n) is 10.2. The Morgan fingerprint density at radius 2 is 1.82 bits per heavy atom. The standard InChI is InChI=1S/C21H28FNO5/c1-2-17(8-4-3-7-15-26-18-11-9-16(22)10-12-18)23-14-6-5-13-21(23)27-19(24)20(25)28-21/h9-12,17H,2-8,13-15H2,1H3. The highest BCUT2D eigenvalue weighted by atomic mass is 19.1. The van der Waals surface area contributed by atoms with Crippen molar-refractivity contribution < 1.29 is 28.2 Å². The maximum Gasteiger partial charge on any atom is 0.421 e. The van der Waals surface area contributed by atoms with Crippen LogP contribution < -0.4 is 4.74 Å². The lowest BCUT2D eigenvalue weighted by Crippen LogP contribution is -2.57. The van der Waals surface area contributed by atoms with E-state index in [4.69, 9.17) is 14.2 Å². The smallest absolute Gasteiger partial charge is 0.421 e. The first kappa shape index (κ1) is 20.6. The number of hydrogen-bond donors (Lipinski definition) is 0. The Morgan fingerprint density at radius 3 is 2.50 bits per heavy atom. The zero-order valence-electron chi connectivity index (χ0n) is 16.3. The number of likely N-dealkylation sites (tertiary alicyclic amines) is 1. The number of benzene rings is 1. The van der Waals surface area contributed by atoms with Gasteiger partial charge >= 0.3 is 17.8 Å². The van der Waals surface area contributed by atoms with E-state index >= 15 is 0 Å². The van der Waals surface area contributed by atoms with Crippen molar-refractivity contribution in [2.24, 2.45) is 0 Å². The van der Waals surface area contributed by atoms with Gasteiger partial charge in [-0.25, -0.2) is 18.9 Å². The van der Waals surface area contributed by atoms with Crippen molar-refractivity contribution in [1.29, 1.82) is 0 Å². The van der Waals surface area contributed by atoms with Crippen LogP contribution in [0, 0.1) is 5.82 Å². The van der Waals surface area contributed by atoms with Crippen LogP contribution in [0.3, 0.4) is 0 Å². The molecule has 1 spiro atoms. The normalized spacial score (nSPS) is 20.1. The van der Waals surface area contributed by atoms with Crippen molar-refractivity contribution in [2.75, 3.05) is 13.2 Å². The van der Waals surface area contributed by atoms with E-state index in [1.807, 2.05) is 0 Å². The second kappa shape index (κ2) is 9.37. The molecule has 0 bridgehead atoms. The predicted molar refractivity (Wildman–Crippen MR) is 99.9 cm³/mol. The number of esters is 2. The third-order valence-corrected chi connectivity index (χ3v) is 5.43. The Balaban J connectivity index is 1.44. The largest absolute Gasteiger partial charge is 0.494 e. The van der Waals surface area contributed by atoms with Gasteiger partial charge in [0, 0.05) is 19.0 Å². The van der Waals surface area contributed by atoms with Gasteiger partial charge in [0.15, 0.2) is 0 Å². The number of unbranched alkanes of at least 4 members (excludes halogenated alkanes) is 2. The molecule has 2 aliphatic heterocycles. The molecule has 28 heavy (non-hydrogen) atoms. The molecule has 0 aliphatic carbocycles. The summed E-state index contributed by atoms with van der Waals surface area (Å²) < 4.78 is 29.2. The fraction of sp³-hybridized carbons (Fsp3) is 0.619. The summed E-state index contributed by atoms with van der Waals surface area (Å²) in [6.45, 7) is 3.45. The summed E-state index contributed by atoms with van der Waals surface area (Å²) in [5, 5.41) is 0. The van der Waals surface area contributed by atoms with E-state index in [2.05, 4.69) is 11.8 Å². The number of halogens is 1. The number of carbonyl (C=O) groups excluding carboxylic acids is 2. The molecule has 0 radical (unpaired) electrons. The molecule has 7 heteroatoms. The van der Waals surface area contributed by atoms with Crippen LogP contribution >= 0.6 is 0 Å². The van der Waals surface area contributed by atoms with Crippen LogP contribution in [0.5, 0.6) is 5.75 Å². The van der Waals surface area contributed by atoms with Gasteiger partial charge < -0.3 is 14.2 Å². The fourth-order valence-electron chi connectivity index (χ4n) is 3.98. The summed E-state index contributed by atoms with van der Waals surface area (Å²) >= 11 is 0. The molecule has 1 atom stereocenters. The van der Waals surface area contributed by atoms with E-state index in [0.717, 1.165) is 51.5 Å². The third-order valence-electron chi connectivity index (χ3n) is 5.43. The molecule has 6 nitrogen and oxygen atoms in total. The van der Waals surface area contributed by atoms with Gasteiger partial charge in [0.1, 0.15) is 11.6 Å². The molecule has 0 amide bonds. The zero-order valence-corrected chi connectivity index (χ0v) is 16.3. The third kappa shape index (κ3) is 4.82. The number of piperidine rings is 1. The van der Waals surface area contributed by atoms with Crippen molar-refractivity contribution in [1.82, 2.24) is 4.90 Å². The van der Waals surface area contributed by atoms with Gasteiger partial charge in [0.05, 0.1) is 6.61 Å². The van der Waals surface area contributed by atoms with Gasteiger partial charge in [-0.1, -0.05) is 19.8 Å². The molecule has 2 saturated heterocycles. The quantitative estimate of drug-likeness (QED) is 0.361. The molecule has 0 N–H and O–H groups in total. The molecular formula is C21H28FNO5. The molecule has 0 aromatic heterocycles. The van der Waals surface area contributed by atoms with Crippen LogP contribution in [-0.2, 0) is 19.1 Å². The van der Waals surface area contributed by atoms with Crippen LogP contribution in [0.25, 0.3) is 0 Å². The van der Waals surface area contributed by atoms with Gasteiger partial charge in [-0.3, -0.25) is 0 Å². The molecular weight excluding hydrogens is 365 g/mol. The highest BCUT2D eigenvalue weighted by Crippen LogP contribution is 2.38. The van der Waals surface area contributed by atoms with E-state index in [1.165, 1.54) is 12.1 Å². The molecule has 2 aliphatic rings. The van der Waals surface area contributed by atoms with Gasteiger partial charge in [-0.15, -0.1) is 0 Å².